The van der Waals surface area contributed by atoms with Crippen LogP contribution in [0.4, 0.5) is 0 Å². The maximum Gasteiger partial charge on any atom is 2.00 e. The van der Waals surface area contributed by atoms with Gasteiger partial charge in [0.15, 0.2) is 0 Å². The number of thiocarbonyl (C=S) groups is 2. The fourth-order valence-corrected chi connectivity index (χ4v) is 0.961. The van der Waals surface area contributed by atoms with Crippen LogP contribution in [-0.4, -0.2) is 34.9 Å². The van der Waals surface area contributed by atoms with Crippen LogP contribution in [0.5, 0.6) is 0 Å². The van der Waals surface area contributed by atoms with E-state index in [0.29, 0.717) is 34.9 Å². The quantitative estimate of drug-likeness (QED) is 0.305. The van der Waals surface area contributed by atoms with Crippen LogP contribution in [0.3, 0.4) is 0 Å². The molecule has 0 aliphatic heterocycles. The summed E-state index contributed by atoms with van der Waals surface area (Å²) in [7, 11) is 0. The van der Waals surface area contributed by atoms with E-state index in [9.17, 15) is 0 Å². The summed E-state index contributed by atoms with van der Waals surface area (Å²) in [5.41, 5.74) is 0. The zero-order chi connectivity index (χ0) is 10.1. The SMILES string of the molecule is S=C([S-])NCCOCCNC(=S)[S-].[Mn+2]. The topological polar surface area (TPSA) is 33.3 Å². The minimum absolute atomic E-state index is 0. The van der Waals surface area contributed by atoms with E-state index in [1.54, 1.807) is 0 Å². The van der Waals surface area contributed by atoms with E-state index < -0.39 is 0 Å². The first-order valence-corrected chi connectivity index (χ1v) is 5.23. The van der Waals surface area contributed by atoms with Gasteiger partial charge >= 0.3 is 17.1 Å². The Morgan fingerprint density at radius 3 is 1.64 bits per heavy atom. The van der Waals surface area contributed by atoms with Crippen molar-refractivity contribution in [3.63, 3.8) is 0 Å². The molecule has 0 bridgehead atoms. The third kappa shape index (κ3) is 15.2. The summed E-state index contributed by atoms with van der Waals surface area (Å²) >= 11 is 18.5. The van der Waals surface area contributed by atoms with Gasteiger partial charge < -0.3 is 65.1 Å². The van der Waals surface area contributed by atoms with Gasteiger partial charge in [-0.1, -0.05) is 8.64 Å². The van der Waals surface area contributed by atoms with Gasteiger partial charge in [-0.2, -0.15) is 0 Å². The average Bonchev–Trinajstić information content (AvgIpc) is 2.01. The van der Waals surface area contributed by atoms with Crippen molar-refractivity contribution in [2.24, 2.45) is 0 Å². The molecule has 2 N–H and O–H groups in total. The third-order valence-corrected chi connectivity index (χ3v) is 1.61. The summed E-state index contributed by atoms with van der Waals surface area (Å²) in [6.45, 7) is 2.42. The number of ether oxygens (including phenoxy) is 1. The molecular formula is C6H10MnN2OS4. The largest absolute Gasteiger partial charge is 2.00 e. The Morgan fingerprint density at radius 2 is 1.36 bits per heavy atom. The van der Waals surface area contributed by atoms with Crippen molar-refractivity contribution in [1.82, 2.24) is 10.6 Å². The second-order valence-corrected chi connectivity index (χ2v) is 4.19. The Morgan fingerprint density at radius 1 is 1.00 bits per heavy atom. The van der Waals surface area contributed by atoms with Crippen molar-refractivity contribution >= 4 is 58.3 Å². The fraction of sp³-hybridized carbons (Fsp3) is 0.667. The van der Waals surface area contributed by atoms with Gasteiger partial charge in [-0.3, -0.25) is 0 Å². The van der Waals surface area contributed by atoms with Crippen molar-refractivity contribution < 1.29 is 21.8 Å². The number of hydrogen-bond acceptors (Lipinski definition) is 5. The van der Waals surface area contributed by atoms with E-state index in [-0.39, 0.29) is 17.1 Å². The molecule has 0 spiro atoms. The number of nitrogens with one attached hydrogen (secondary N) is 2. The number of hydrogen-bond donors (Lipinski definition) is 2. The Bertz CT molecular complexity index is 163. The normalized spacial score (nSPS) is 8.57. The van der Waals surface area contributed by atoms with Gasteiger partial charge in [-0.05, 0) is 0 Å². The van der Waals surface area contributed by atoms with E-state index in [0.717, 1.165) is 0 Å². The van der Waals surface area contributed by atoms with Crippen molar-refractivity contribution in [3.05, 3.63) is 0 Å². The standard InChI is InChI=1S/C6H12N2OS4.Mn/c10-5(11)7-1-3-9-4-2-8-6(12)13;/h1-4H2,(H2,7,10,11)(H2,8,12,13);/q;+2/p-2. The van der Waals surface area contributed by atoms with E-state index in [1.807, 2.05) is 0 Å². The summed E-state index contributed by atoms with van der Waals surface area (Å²) in [6.07, 6.45) is 0. The molecule has 8 heteroatoms. The van der Waals surface area contributed by atoms with Gasteiger partial charge in [0.1, 0.15) is 0 Å². The minimum atomic E-state index is 0. The summed E-state index contributed by atoms with van der Waals surface area (Å²) < 4.78 is 5.94. The first-order valence-electron chi connectivity index (χ1n) is 3.60. The average molecular weight is 309 g/mol. The summed E-state index contributed by atoms with van der Waals surface area (Å²) in [4.78, 5) is 0. The Hall–Kier alpha value is 0.699. The third-order valence-electron chi connectivity index (χ3n) is 1.03. The van der Waals surface area contributed by atoms with E-state index >= 15 is 0 Å². The van der Waals surface area contributed by atoms with Crippen LogP contribution in [0.1, 0.15) is 0 Å². The van der Waals surface area contributed by atoms with Crippen LogP contribution in [0.15, 0.2) is 0 Å². The molecule has 0 saturated heterocycles. The zero-order valence-corrected chi connectivity index (χ0v) is 11.7. The van der Waals surface area contributed by atoms with Crippen molar-refractivity contribution in [3.8, 4) is 0 Å². The molecule has 14 heavy (non-hydrogen) atoms. The molecule has 3 nitrogen and oxygen atoms in total. The molecule has 0 atom stereocenters. The Balaban J connectivity index is 0. The van der Waals surface area contributed by atoms with Gasteiger partial charge in [0.05, 0.1) is 13.2 Å². The molecule has 81 valence electrons. The summed E-state index contributed by atoms with van der Waals surface area (Å²) in [6, 6.07) is 0. The first-order chi connectivity index (χ1) is 6.13. The van der Waals surface area contributed by atoms with Crippen LogP contribution in [0.2, 0.25) is 0 Å². The van der Waals surface area contributed by atoms with Crippen LogP contribution < -0.4 is 10.6 Å². The van der Waals surface area contributed by atoms with E-state index in [2.05, 4.69) is 60.3 Å². The molecule has 0 aromatic carbocycles. The molecule has 0 heterocycles. The van der Waals surface area contributed by atoms with Gasteiger partial charge in [-0.15, -0.1) is 0 Å². The molecular weight excluding hydrogens is 299 g/mol. The zero-order valence-electron chi connectivity index (χ0n) is 7.25. The van der Waals surface area contributed by atoms with Gasteiger partial charge in [-0.25, -0.2) is 0 Å². The predicted molar refractivity (Wildman–Crippen MR) is 66.8 cm³/mol. The van der Waals surface area contributed by atoms with Crippen LogP contribution in [0.25, 0.3) is 0 Å². The van der Waals surface area contributed by atoms with E-state index in [4.69, 9.17) is 4.74 Å². The summed E-state index contributed by atoms with van der Waals surface area (Å²) in [5, 5.41) is 5.60. The molecule has 0 aromatic rings. The number of rotatable bonds is 6. The molecule has 0 rings (SSSR count). The van der Waals surface area contributed by atoms with Gasteiger partial charge in [0.25, 0.3) is 0 Å². The molecule has 0 aliphatic carbocycles. The molecule has 0 unspecified atom stereocenters. The maximum atomic E-state index is 5.20. The van der Waals surface area contributed by atoms with Crippen LogP contribution in [0, 0.1) is 0 Å². The molecule has 0 aromatic heterocycles. The predicted octanol–water partition coefficient (Wildman–Crippen LogP) is -0.157. The van der Waals surface area contributed by atoms with Crippen molar-refractivity contribution in [1.29, 1.82) is 0 Å². The van der Waals surface area contributed by atoms with E-state index in [1.165, 1.54) is 0 Å². The molecule has 0 saturated carbocycles. The van der Waals surface area contributed by atoms with Gasteiger partial charge in [0.2, 0.25) is 0 Å². The fourth-order valence-electron chi connectivity index (χ4n) is 0.553. The maximum absolute atomic E-state index is 5.20. The van der Waals surface area contributed by atoms with Crippen LogP contribution in [-0.2, 0) is 47.1 Å². The summed E-state index contributed by atoms with van der Waals surface area (Å²) in [5.74, 6) is 0. The van der Waals surface area contributed by atoms with Crippen molar-refractivity contribution in [2.75, 3.05) is 26.3 Å². The smallest absolute Gasteiger partial charge is 0.412 e. The Labute approximate surface area is 116 Å². The minimum Gasteiger partial charge on any atom is -0.412 e. The molecule has 0 amide bonds. The van der Waals surface area contributed by atoms with Gasteiger partial charge in [0, 0.05) is 13.1 Å². The van der Waals surface area contributed by atoms with Crippen LogP contribution >= 0.6 is 24.4 Å². The monoisotopic (exact) mass is 309 g/mol. The molecule has 0 aliphatic rings. The molecule has 1 radical (unpaired) electrons. The second kappa shape index (κ2) is 11.8. The molecule has 0 fully saturated rings. The Kier molecular flexibility index (Phi) is 14.4. The van der Waals surface area contributed by atoms with Crippen molar-refractivity contribution in [2.45, 2.75) is 0 Å². The first kappa shape index (κ1) is 17.1. The second-order valence-electron chi connectivity index (χ2n) is 2.04.